The van der Waals surface area contributed by atoms with Gasteiger partial charge < -0.3 is 10.4 Å². The zero-order chi connectivity index (χ0) is 18.4. The van der Waals surface area contributed by atoms with Gasteiger partial charge in [-0.3, -0.25) is 23.9 Å². The number of nitrogens with zero attached hydrogens (tertiary/aromatic N) is 4. The Morgan fingerprint density at radius 2 is 2.08 bits per heavy atom. The van der Waals surface area contributed by atoms with Crippen LogP contribution in [0.3, 0.4) is 0 Å². The molecule has 2 aromatic rings. The summed E-state index contributed by atoms with van der Waals surface area (Å²) < 4.78 is 1.97. The van der Waals surface area contributed by atoms with Gasteiger partial charge in [0.1, 0.15) is 0 Å². The molecule has 2 N–H and O–H groups in total. The SMILES string of the molecule is O=C(NCc1cnc2cnccn12)[C@@H]1CCCN2CCCC[C@H]12.O=CO. The number of carbonyl (C=O) groups excluding carboxylic acids is 1. The third kappa shape index (κ3) is 4.01. The summed E-state index contributed by atoms with van der Waals surface area (Å²) in [7, 11) is 0. The minimum absolute atomic E-state index is 0.143. The Bertz CT molecular complexity index is 745. The van der Waals surface area contributed by atoms with Gasteiger partial charge >= 0.3 is 0 Å². The van der Waals surface area contributed by atoms with Gasteiger partial charge in [-0.25, -0.2) is 4.98 Å². The second kappa shape index (κ2) is 8.75. The fraction of sp³-hybridized carbons (Fsp3) is 0.556. The Labute approximate surface area is 152 Å². The number of rotatable bonds is 3. The van der Waals surface area contributed by atoms with Crippen LogP contribution in [0.2, 0.25) is 0 Å². The van der Waals surface area contributed by atoms with E-state index in [1.54, 1.807) is 12.4 Å². The third-order valence-electron chi connectivity index (χ3n) is 5.26. The minimum atomic E-state index is -0.250. The lowest BCUT2D eigenvalue weighted by atomic mass is 9.83. The molecule has 2 atom stereocenters. The number of piperidine rings is 2. The molecule has 0 radical (unpaired) electrons. The van der Waals surface area contributed by atoms with E-state index in [2.05, 4.69) is 20.2 Å². The number of imidazole rings is 1. The smallest absolute Gasteiger partial charge is 0.290 e. The molecule has 4 rings (SSSR count). The van der Waals surface area contributed by atoms with Gasteiger partial charge in [0.2, 0.25) is 5.91 Å². The second-order valence-electron chi connectivity index (χ2n) is 6.73. The van der Waals surface area contributed by atoms with Crippen LogP contribution in [0.25, 0.3) is 5.65 Å². The highest BCUT2D eigenvalue weighted by molar-refractivity contribution is 5.79. The van der Waals surface area contributed by atoms with Crippen molar-refractivity contribution in [3.05, 3.63) is 30.5 Å². The summed E-state index contributed by atoms with van der Waals surface area (Å²) in [6.45, 7) is 2.59. The summed E-state index contributed by atoms with van der Waals surface area (Å²) in [4.78, 5) is 32.0. The molecule has 8 nitrogen and oxygen atoms in total. The molecule has 0 saturated carbocycles. The van der Waals surface area contributed by atoms with Gasteiger partial charge in [-0.2, -0.15) is 0 Å². The molecule has 140 valence electrons. The van der Waals surface area contributed by atoms with Crippen LogP contribution < -0.4 is 5.32 Å². The zero-order valence-corrected chi connectivity index (χ0v) is 14.8. The first-order valence-corrected chi connectivity index (χ1v) is 9.10. The van der Waals surface area contributed by atoms with E-state index in [4.69, 9.17) is 9.90 Å². The standard InChI is InChI=1S/C17H23N5O.CH2O2/c23-17(14-4-3-8-21-7-2-1-5-15(14)21)20-11-13-10-19-16-12-18-6-9-22(13)16;2-1-3/h6,9-10,12,14-15H,1-5,7-8,11H2,(H,20,23);1H,(H,2,3)/t14-,15-;/m1./s1. The number of hydrogen-bond donors (Lipinski definition) is 2. The van der Waals surface area contributed by atoms with Gasteiger partial charge in [-0.05, 0) is 38.8 Å². The maximum atomic E-state index is 12.7. The largest absolute Gasteiger partial charge is 0.483 e. The Morgan fingerprint density at radius 3 is 2.92 bits per heavy atom. The van der Waals surface area contributed by atoms with E-state index in [1.165, 1.54) is 19.3 Å². The van der Waals surface area contributed by atoms with E-state index >= 15 is 0 Å². The van der Waals surface area contributed by atoms with Crippen molar-refractivity contribution >= 4 is 18.0 Å². The van der Waals surface area contributed by atoms with Crippen molar-refractivity contribution in [1.29, 1.82) is 0 Å². The van der Waals surface area contributed by atoms with Gasteiger partial charge in [0.25, 0.3) is 6.47 Å². The summed E-state index contributed by atoms with van der Waals surface area (Å²) in [5.74, 6) is 0.343. The van der Waals surface area contributed by atoms with E-state index in [0.717, 1.165) is 37.3 Å². The fourth-order valence-corrected chi connectivity index (χ4v) is 4.10. The monoisotopic (exact) mass is 359 g/mol. The van der Waals surface area contributed by atoms with Gasteiger partial charge in [0.15, 0.2) is 5.65 Å². The maximum absolute atomic E-state index is 12.7. The average Bonchev–Trinajstić information content (AvgIpc) is 3.09. The maximum Gasteiger partial charge on any atom is 0.290 e. The Hall–Kier alpha value is -2.48. The first-order chi connectivity index (χ1) is 12.7. The molecule has 0 aromatic carbocycles. The molecular formula is C18H25N5O3. The highest BCUT2D eigenvalue weighted by atomic mass is 16.3. The predicted octanol–water partition coefficient (Wildman–Crippen LogP) is 1.31. The van der Waals surface area contributed by atoms with Gasteiger partial charge in [-0.15, -0.1) is 0 Å². The van der Waals surface area contributed by atoms with Crippen molar-refractivity contribution < 1.29 is 14.7 Å². The first kappa shape index (κ1) is 18.3. The summed E-state index contributed by atoms with van der Waals surface area (Å²) in [5.41, 5.74) is 1.81. The molecule has 0 aliphatic carbocycles. The van der Waals surface area contributed by atoms with E-state index in [9.17, 15) is 4.79 Å². The Kier molecular flexibility index (Phi) is 6.17. The van der Waals surface area contributed by atoms with Crippen molar-refractivity contribution in [2.45, 2.75) is 44.7 Å². The number of amides is 1. The van der Waals surface area contributed by atoms with Crippen molar-refractivity contribution in [1.82, 2.24) is 24.6 Å². The number of carboxylic acid groups (broad SMARTS) is 1. The molecule has 0 unspecified atom stereocenters. The molecule has 2 saturated heterocycles. The molecular weight excluding hydrogens is 334 g/mol. The third-order valence-corrected chi connectivity index (χ3v) is 5.26. The number of hydrogen-bond acceptors (Lipinski definition) is 5. The van der Waals surface area contributed by atoms with Crippen LogP contribution in [0.4, 0.5) is 0 Å². The molecule has 2 aromatic heterocycles. The highest BCUT2D eigenvalue weighted by Gasteiger charge is 2.36. The van der Waals surface area contributed by atoms with Crippen LogP contribution in [-0.2, 0) is 16.1 Å². The van der Waals surface area contributed by atoms with E-state index in [0.29, 0.717) is 12.6 Å². The average molecular weight is 359 g/mol. The lowest BCUT2D eigenvalue weighted by Crippen LogP contribution is -2.52. The van der Waals surface area contributed by atoms with Crippen LogP contribution in [-0.4, -0.2) is 55.9 Å². The zero-order valence-electron chi connectivity index (χ0n) is 14.8. The summed E-state index contributed by atoms with van der Waals surface area (Å²) >= 11 is 0. The van der Waals surface area contributed by atoms with E-state index in [-0.39, 0.29) is 18.3 Å². The molecule has 0 spiro atoms. The molecule has 0 bridgehead atoms. The van der Waals surface area contributed by atoms with Crippen LogP contribution >= 0.6 is 0 Å². The summed E-state index contributed by atoms with van der Waals surface area (Å²) in [6, 6.07) is 0.448. The number of carbonyl (C=O) groups is 2. The summed E-state index contributed by atoms with van der Waals surface area (Å²) in [6.07, 6.45) is 13.0. The van der Waals surface area contributed by atoms with E-state index in [1.807, 2.05) is 16.8 Å². The van der Waals surface area contributed by atoms with Crippen molar-refractivity contribution in [2.24, 2.45) is 5.92 Å². The molecule has 2 aliphatic rings. The van der Waals surface area contributed by atoms with E-state index < -0.39 is 0 Å². The minimum Gasteiger partial charge on any atom is -0.483 e. The fourth-order valence-electron chi connectivity index (χ4n) is 4.10. The highest BCUT2D eigenvalue weighted by Crippen LogP contribution is 2.31. The summed E-state index contributed by atoms with van der Waals surface area (Å²) in [5, 5.41) is 10.0. The van der Waals surface area contributed by atoms with Crippen molar-refractivity contribution in [2.75, 3.05) is 13.1 Å². The van der Waals surface area contributed by atoms with Crippen LogP contribution in [0.1, 0.15) is 37.8 Å². The molecule has 2 fully saturated rings. The second-order valence-corrected chi connectivity index (χ2v) is 6.73. The Balaban J connectivity index is 0.000000613. The quantitative estimate of drug-likeness (QED) is 0.802. The normalized spacial score (nSPS) is 22.8. The van der Waals surface area contributed by atoms with Gasteiger partial charge in [0.05, 0.1) is 30.6 Å². The lowest BCUT2D eigenvalue weighted by molar-refractivity contribution is -0.130. The first-order valence-electron chi connectivity index (χ1n) is 9.10. The van der Waals surface area contributed by atoms with Crippen LogP contribution in [0.5, 0.6) is 0 Å². The topological polar surface area (TPSA) is 99.8 Å². The molecule has 1 amide bonds. The lowest BCUT2D eigenvalue weighted by Gasteiger charge is -2.43. The number of aromatic nitrogens is 3. The molecule has 2 aliphatic heterocycles. The number of nitrogens with one attached hydrogen (secondary N) is 1. The van der Waals surface area contributed by atoms with Crippen LogP contribution in [0.15, 0.2) is 24.8 Å². The molecule has 26 heavy (non-hydrogen) atoms. The van der Waals surface area contributed by atoms with Gasteiger partial charge in [-0.1, -0.05) is 6.42 Å². The number of fused-ring (bicyclic) bond motifs is 2. The predicted molar refractivity (Wildman–Crippen MR) is 95.5 cm³/mol. The van der Waals surface area contributed by atoms with Crippen molar-refractivity contribution in [3.63, 3.8) is 0 Å². The Morgan fingerprint density at radius 1 is 1.27 bits per heavy atom. The molecule has 4 heterocycles. The van der Waals surface area contributed by atoms with Crippen LogP contribution in [0, 0.1) is 5.92 Å². The van der Waals surface area contributed by atoms with Gasteiger partial charge in [0, 0.05) is 18.4 Å². The van der Waals surface area contributed by atoms with Crippen molar-refractivity contribution in [3.8, 4) is 0 Å². The molecule has 8 heteroatoms.